The van der Waals surface area contributed by atoms with Crippen LogP contribution in [0, 0.1) is 0 Å². The number of hydrogen-bond acceptors (Lipinski definition) is 15. The van der Waals surface area contributed by atoms with Crippen molar-refractivity contribution < 1.29 is 73.8 Å². The minimum absolute atomic E-state index is 0.0954. The van der Waals surface area contributed by atoms with Crippen molar-refractivity contribution in [2.75, 3.05) is 26.4 Å². The number of aliphatic hydroxyl groups is 7. The second-order valence-corrected chi connectivity index (χ2v) is 13.4. The highest BCUT2D eigenvalue weighted by Crippen LogP contribution is 2.26. The number of carbonyl (C=O) groups excluding carboxylic acids is 2. The molecule has 2 fully saturated rings. The second-order valence-electron chi connectivity index (χ2n) is 13.4. The van der Waals surface area contributed by atoms with Crippen LogP contribution in [0.4, 0.5) is 0 Å². The molecule has 15 heteroatoms. The van der Waals surface area contributed by atoms with Crippen molar-refractivity contribution in [1.29, 1.82) is 0 Å². The van der Waals surface area contributed by atoms with Crippen molar-refractivity contribution >= 4 is 11.9 Å². The van der Waals surface area contributed by atoms with Gasteiger partial charge in [0.1, 0.15) is 55.4 Å². The third kappa shape index (κ3) is 17.0. The molecule has 0 saturated carbocycles. The summed E-state index contributed by atoms with van der Waals surface area (Å²) in [6.45, 7) is 1.90. The van der Waals surface area contributed by atoms with Crippen molar-refractivity contribution in [2.45, 2.75) is 171 Å². The summed E-state index contributed by atoms with van der Waals surface area (Å²) >= 11 is 0. The monoisotopic (exact) mass is 748 g/mol. The van der Waals surface area contributed by atoms with Crippen LogP contribution < -0.4 is 0 Å². The predicted molar refractivity (Wildman–Crippen MR) is 187 cm³/mol. The van der Waals surface area contributed by atoms with Crippen LogP contribution in [0.25, 0.3) is 0 Å². The molecule has 52 heavy (non-hydrogen) atoms. The Morgan fingerprint density at radius 2 is 1.19 bits per heavy atom. The van der Waals surface area contributed by atoms with Crippen LogP contribution in [-0.4, -0.2) is 142 Å². The summed E-state index contributed by atoms with van der Waals surface area (Å²) in [7, 11) is 0. The van der Waals surface area contributed by atoms with Gasteiger partial charge < -0.3 is 64.2 Å². The molecule has 0 aromatic heterocycles. The molecule has 11 unspecified atom stereocenters. The van der Waals surface area contributed by atoms with Gasteiger partial charge in [-0.05, 0) is 38.5 Å². The van der Waals surface area contributed by atoms with E-state index in [-0.39, 0.29) is 19.4 Å². The highest BCUT2D eigenvalue weighted by Gasteiger charge is 2.47. The summed E-state index contributed by atoms with van der Waals surface area (Å²) < 4.78 is 32.6. The van der Waals surface area contributed by atoms with Gasteiger partial charge >= 0.3 is 11.9 Å². The molecule has 0 spiro atoms. The molecular formula is C37H64O15. The van der Waals surface area contributed by atoms with Gasteiger partial charge in [0.05, 0.1) is 19.8 Å². The Balaban J connectivity index is 1.76. The van der Waals surface area contributed by atoms with E-state index in [1.807, 2.05) is 0 Å². The van der Waals surface area contributed by atoms with E-state index in [1.165, 1.54) is 25.7 Å². The Hall–Kier alpha value is -2.02. The van der Waals surface area contributed by atoms with Gasteiger partial charge in [0.15, 0.2) is 18.7 Å². The molecule has 0 aromatic rings. The molecule has 11 atom stereocenters. The van der Waals surface area contributed by atoms with Gasteiger partial charge in [0.2, 0.25) is 0 Å². The summed E-state index contributed by atoms with van der Waals surface area (Å²) in [4.78, 5) is 24.4. The minimum Gasteiger partial charge on any atom is -0.462 e. The molecule has 302 valence electrons. The van der Waals surface area contributed by atoms with Crippen molar-refractivity contribution in [3.8, 4) is 0 Å². The first-order chi connectivity index (χ1) is 25.0. The van der Waals surface area contributed by atoms with E-state index in [2.05, 4.69) is 31.2 Å². The van der Waals surface area contributed by atoms with Gasteiger partial charge in [-0.25, -0.2) is 0 Å². The van der Waals surface area contributed by atoms with E-state index >= 15 is 0 Å². The van der Waals surface area contributed by atoms with Crippen LogP contribution in [-0.2, 0) is 38.0 Å². The standard InChI is InChI=1S/C37H64O15/c1-3-5-6-7-8-9-10-11-12-13-14-15-16-17-18-19-20-29(40)50-25(22-47-28(39)4-2)23-48-36-35(46)33(44)31(42)27(52-36)24-49-37-34(45)32(43)30(41)26(21-38)51-37/h9-10,12-13,25-27,30-38,41-46H,3-8,11,14-24H2,1-2H3/b10-9-,13-12-. The van der Waals surface area contributed by atoms with Gasteiger partial charge in [-0.1, -0.05) is 76.7 Å². The largest absolute Gasteiger partial charge is 0.462 e. The summed E-state index contributed by atoms with van der Waals surface area (Å²) in [5.41, 5.74) is 0. The third-order valence-corrected chi connectivity index (χ3v) is 8.99. The minimum atomic E-state index is -1.76. The first-order valence-corrected chi connectivity index (χ1v) is 18.9. The summed E-state index contributed by atoms with van der Waals surface area (Å²) in [5, 5.41) is 71.0. The fraction of sp³-hybridized carbons (Fsp3) is 0.838. The van der Waals surface area contributed by atoms with Crippen molar-refractivity contribution in [2.24, 2.45) is 0 Å². The Morgan fingerprint density at radius 3 is 1.81 bits per heavy atom. The smallest absolute Gasteiger partial charge is 0.306 e. The fourth-order valence-electron chi connectivity index (χ4n) is 5.70. The Morgan fingerprint density at radius 1 is 0.635 bits per heavy atom. The number of rotatable bonds is 26. The Labute approximate surface area is 307 Å². The summed E-state index contributed by atoms with van der Waals surface area (Å²) in [6.07, 6.45) is 5.07. The number of allylic oxidation sites excluding steroid dienone is 4. The third-order valence-electron chi connectivity index (χ3n) is 8.99. The normalized spacial score (nSPS) is 30.2. The lowest BCUT2D eigenvalue weighted by Gasteiger charge is -2.42. The van der Waals surface area contributed by atoms with Crippen molar-refractivity contribution in [3.05, 3.63) is 24.3 Å². The molecule has 2 aliphatic rings. The zero-order valence-corrected chi connectivity index (χ0v) is 30.8. The number of hydrogen-bond donors (Lipinski definition) is 7. The number of aliphatic hydroxyl groups excluding tert-OH is 7. The lowest BCUT2D eigenvalue weighted by Crippen LogP contribution is -2.61. The van der Waals surface area contributed by atoms with Gasteiger partial charge in [-0.3, -0.25) is 9.59 Å². The van der Waals surface area contributed by atoms with Crippen LogP contribution in [0.3, 0.4) is 0 Å². The molecule has 2 heterocycles. The lowest BCUT2D eigenvalue weighted by atomic mass is 9.98. The lowest BCUT2D eigenvalue weighted by molar-refractivity contribution is -0.332. The molecule has 2 rings (SSSR count). The molecule has 0 amide bonds. The molecule has 0 aromatic carbocycles. The van der Waals surface area contributed by atoms with E-state index in [9.17, 15) is 45.3 Å². The maximum Gasteiger partial charge on any atom is 0.306 e. The predicted octanol–water partition coefficient (Wildman–Crippen LogP) is 1.70. The number of ether oxygens (including phenoxy) is 6. The zero-order valence-electron chi connectivity index (χ0n) is 30.8. The average molecular weight is 749 g/mol. The second kappa shape index (κ2) is 26.7. The van der Waals surface area contributed by atoms with E-state index < -0.39 is 99.3 Å². The van der Waals surface area contributed by atoms with Gasteiger partial charge in [0.25, 0.3) is 0 Å². The molecule has 0 aliphatic carbocycles. The highest BCUT2D eigenvalue weighted by molar-refractivity contribution is 5.70. The molecular weight excluding hydrogens is 684 g/mol. The first-order valence-electron chi connectivity index (χ1n) is 18.9. The van der Waals surface area contributed by atoms with E-state index in [4.69, 9.17) is 28.4 Å². The molecule has 0 bridgehead atoms. The van der Waals surface area contributed by atoms with Gasteiger partial charge in [0, 0.05) is 12.8 Å². The maximum absolute atomic E-state index is 12.6. The molecule has 0 radical (unpaired) electrons. The fourth-order valence-corrected chi connectivity index (χ4v) is 5.70. The average Bonchev–Trinajstić information content (AvgIpc) is 3.14. The quantitative estimate of drug-likeness (QED) is 0.0379. The van der Waals surface area contributed by atoms with Crippen LogP contribution >= 0.6 is 0 Å². The first kappa shape index (κ1) is 46.1. The molecule has 2 saturated heterocycles. The SMILES string of the molecule is CCCCCC/C=C\C/C=C\CCCCCCCC(=O)OC(COC(=O)CC)COC1OC(COC2OC(CO)C(O)C(O)C2O)C(O)C(O)C1O. The summed E-state index contributed by atoms with van der Waals surface area (Å²) in [5.74, 6) is -1.04. The molecule has 7 N–H and O–H groups in total. The van der Waals surface area contributed by atoms with Crippen LogP contribution in [0.1, 0.15) is 104 Å². The Kier molecular flexibility index (Phi) is 23.7. The van der Waals surface area contributed by atoms with Crippen LogP contribution in [0.2, 0.25) is 0 Å². The number of carbonyl (C=O) groups is 2. The Bertz CT molecular complexity index is 1020. The number of unbranched alkanes of at least 4 members (excludes halogenated alkanes) is 9. The van der Waals surface area contributed by atoms with Crippen molar-refractivity contribution in [1.82, 2.24) is 0 Å². The topological polar surface area (TPSA) is 231 Å². The molecule has 2 aliphatic heterocycles. The van der Waals surface area contributed by atoms with Crippen molar-refractivity contribution in [3.63, 3.8) is 0 Å². The van der Waals surface area contributed by atoms with Gasteiger partial charge in [-0.15, -0.1) is 0 Å². The maximum atomic E-state index is 12.6. The van der Waals surface area contributed by atoms with Gasteiger partial charge in [-0.2, -0.15) is 0 Å². The zero-order chi connectivity index (χ0) is 38.3. The highest BCUT2D eigenvalue weighted by atomic mass is 16.7. The number of esters is 2. The molecule has 15 nitrogen and oxygen atoms in total. The summed E-state index contributed by atoms with van der Waals surface area (Å²) in [6, 6.07) is 0. The van der Waals surface area contributed by atoms with Crippen LogP contribution in [0.5, 0.6) is 0 Å². The van der Waals surface area contributed by atoms with Crippen LogP contribution in [0.15, 0.2) is 24.3 Å². The van der Waals surface area contributed by atoms with E-state index in [0.717, 1.165) is 44.9 Å². The van der Waals surface area contributed by atoms with E-state index in [1.54, 1.807) is 6.92 Å². The van der Waals surface area contributed by atoms with E-state index in [0.29, 0.717) is 6.42 Å².